The van der Waals surface area contributed by atoms with Crippen molar-refractivity contribution < 1.29 is 22.7 Å². The summed E-state index contributed by atoms with van der Waals surface area (Å²) in [6, 6.07) is 21.2. The lowest BCUT2D eigenvalue weighted by Crippen LogP contribution is -2.54. The Kier molecular flexibility index (Phi) is 10.9. The first-order chi connectivity index (χ1) is 20.2. The lowest BCUT2D eigenvalue weighted by molar-refractivity contribution is -0.140. The molecule has 0 radical (unpaired) electrons. The van der Waals surface area contributed by atoms with Crippen LogP contribution < -0.4 is 14.4 Å². The highest BCUT2D eigenvalue weighted by atomic mass is 35.5. The van der Waals surface area contributed by atoms with Gasteiger partial charge in [0.25, 0.3) is 10.0 Å². The number of benzene rings is 3. The van der Waals surface area contributed by atoms with Gasteiger partial charge in [-0.05, 0) is 55.2 Å². The summed E-state index contributed by atoms with van der Waals surface area (Å²) in [4.78, 5) is 29.3. The van der Waals surface area contributed by atoms with Gasteiger partial charge in [0.2, 0.25) is 11.8 Å². The van der Waals surface area contributed by atoms with Crippen molar-refractivity contribution in [2.45, 2.75) is 69.0 Å². The number of ether oxygens (including phenoxy) is 1. The van der Waals surface area contributed by atoms with E-state index in [0.717, 1.165) is 42.0 Å². The molecule has 1 fully saturated rings. The summed E-state index contributed by atoms with van der Waals surface area (Å²) in [5.41, 5.74) is 1.04. The monoisotopic (exact) mass is 611 g/mol. The van der Waals surface area contributed by atoms with Crippen LogP contribution in [0.15, 0.2) is 83.8 Å². The molecule has 0 aromatic heterocycles. The Morgan fingerprint density at radius 3 is 2.21 bits per heavy atom. The van der Waals surface area contributed by atoms with Crippen molar-refractivity contribution in [2.24, 2.45) is 0 Å². The number of sulfonamides is 1. The maximum absolute atomic E-state index is 14.2. The molecule has 3 aromatic rings. The molecular weight excluding hydrogens is 574 g/mol. The molecule has 1 unspecified atom stereocenters. The van der Waals surface area contributed by atoms with Crippen LogP contribution in [0, 0.1) is 0 Å². The second-order valence-corrected chi connectivity index (χ2v) is 12.7. The van der Waals surface area contributed by atoms with Crippen LogP contribution in [0.2, 0.25) is 5.02 Å². The predicted molar refractivity (Wildman–Crippen MR) is 165 cm³/mol. The maximum atomic E-state index is 14.2. The number of halogens is 1. The SMILES string of the molecule is CCC(C(=O)NC1CCCCC1)N(Cc1ccccc1)C(=O)CN(c1ccc(OC)c(Cl)c1)S(=O)(=O)c1ccccc1. The summed E-state index contributed by atoms with van der Waals surface area (Å²) < 4.78 is 34.2. The molecular formula is C32H38ClN3O5S. The topological polar surface area (TPSA) is 96.0 Å². The average molecular weight is 612 g/mol. The third-order valence-corrected chi connectivity index (χ3v) is 9.65. The molecule has 0 bridgehead atoms. The first kappa shape index (κ1) is 31.4. The van der Waals surface area contributed by atoms with Gasteiger partial charge in [-0.15, -0.1) is 0 Å². The van der Waals surface area contributed by atoms with Gasteiger partial charge < -0.3 is 15.0 Å². The van der Waals surface area contributed by atoms with Crippen molar-refractivity contribution in [3.63, 3.8) is 0 Å². The van der Waals surface area contributed by atoms with Crippen LogP contribution in [0.1, 0.15) is 51.0 Å². The largest absolute Gasteiger partial charge is 0.495 e. The van der Waals surface area contributed by atoms with Gasteiger partial charge in [-0.25, -0.2) is 8.42 Å². The van der Waals surface area contributed by atoms with E-state index in [4.69, 9.17) is 16.3 Å². The van der Waals surface area contributed by atoms with Crippen LogP contribution in [0.5, 0.6) is 5.75 Å². The van der Waals surface area contributed by atoms with Crippen LogP contribution in [-0.2, 0) is 26.2 Å². The Bertz CT molecular complexity index is 1450. The van der Waals surface area contributed by atoms with Crippen LogP contribution in [0.3, 0.4) is 0 Å². The minimum atomic E-state index is -4.18. The number of anilines is 1. The second kappa shape index (κ2) is 14.6. The van der Waals surface area contributed by atoms with E-state index in [-0.39, 0.29) is 34.1 Å². The molecule has 42 heavy (non-hydrogen) atoms. The number of nitrogens with zero attached hydrogens (tertiary/aromatic N) is 2. The number of nitrogens with one attached hydrogen (secondary N) is 1. The lowest BCUT2D eigenvalue weighted by atomic mass is 9.95. The van der Waals surface area contributed by atoms with Gasteiger partial charge in [-0.1, -0.05) is 86.3 Å². The molecule has 10 heteroatoms. The fourth-order valence-corrected chi connectivity index (χ4v) is 6.98. The molecule has 1 saturated carbocycles. The summed E-state index contributed by atoms with van der Waals surface area (Å²) >= 11 is 6.39. The molecule has 0 heterocycles. The Balaban J connectivity index is 1.71. The molecule has 3 aromatic carbocycles. The van der Waals surface area contributed by atoms with Gasteiger partial charge in [-0.2, -0.15) is 0 Å². The number of amides is 2. The van der Waals surface area contributed by atoms with Gasteiger partial charge in [-0.3, -0.25) is 13.9 Å². The quantitative estimate of drug-likeness (QED) is 0.279. The van der Waals surface area contributed by atoms with Gasteiger partial charge in [0.05, 0.1) is 22.7 Å². The van der Waals surface area contributed by atoms with E-state index in [1.165, 1.54) is 30.2 Å². The zero-order valence-electron chi connectivity index (χ0n) is 24.0. The van der Waals surface area contributed by atoms with E-state index >= 15 is 0 Å². The number of hydrogen-bond acceptors (Lipinski definition) is 5. The van der Waals surface area contributed by atoms with Crippen molar-refractivity contribution in [3.05, 3.63) is 89.4 Å². The van der Waals surface area contributed by atoms with Crippen molar-refractivity contribution in [1.29, 1.82) is 0 Å². The molecule has 0 aliphatic heterocycles. The summed E-state index contributed by atoms with van der Waals surface area (Å²) in [6.07, 6.45) is 5.47. The van der Waals surface area contributed by atoms with Gasteiger partial charge in [0.15, 0.2) is 0 Å². The number of methoxy groups -OCH3 is 1. The van der Waals surface area contributed by atoms with E-state index in [1.807, 2.05) is 37.3 Å². The summed E-state index contributed by atoms with van der Waals surface area (Å²) in [7, 11) is -2.72. The second-order valence-electron chi connectivity index (χ2n) is 10.4. The fraction of sp³-hybridized carbons (Fsp3) is 0.375. The third kappa shape index (κ3) is 7.63. The third-order valence-electron chi connectivity index (χ3n) is 7.57. The summed E-state index contributed by atoms with van der Waals surface area (Å²) in [5.74, 6) is -0.352. The minimum absolute atomic E-state index is 0.0291. The zero-order chi connectivity index (χ0) is 30.1. The molecule has 1 aliphatic carbocycles. The highest BCUT2D eigenvalue weighted by molar-refractivity contribution is 7.92. The molecule has 2 amide bonds. The Labute approximate surface area is 253 Å². The van der Waals surface area contributed by atoms with Gasteiger partial charge >= 0.3 is 0 Å². The minimum Gasteiger partial charge on any atom is -0.495 e. The summed E-state index contributed by atoms with van der Waals surface area (Å²) in [6.45, 7) is 1.48. The molecule has 224 valence electrons. The zero-order valence-corrected chi connectivity index (χ0v) is 25.6. The van der Waals surface area contributed by atoms with E-state index in [9.17, 15) is 18.0 Å². The maximum Gasteiger partial charge on any atom is 0.264 e. The first-order valence-corrected chi connectivity index (χ1v) is 16.1. The Morgan fingerprint density at radius 1 is 0.976 bits per heavy atom. The molecule has 0 spiro atoms. The molecule has 1 atom stereocenters. The molecule has 0 saturated heterocycles. The standard InChI is InChI=1S/C32H38ClN3O5S/c1-3-29(32(38)34-25-15-9-5-10-16-25)35(22-24-13-7-4-8-14-24)31(37)23-36(26-19-20-30(41-2)28(33)21-26)42(39,40)27-17-11-6-12-18-27/h4,6-8,11-14,17-21,25,29H,3,5,9-10,15-16,22-23H2,1-2H3,(H,34,38). The van der Waals surface area contributed by atoms with Crippen molar-refractivity contribution in [1.82, 2.24) is 10.2 Å². The normalized spacial score (nSPS) is 14.5. The average Bonchev–Trinajstić information content (AvgIpc) is 3.01. The van der Waals surface area contributed by atoms with Crippen molar-refractivity contribution in [3.8, 4) is 5.75 Å². The Morgan fingerprint density at radius 2 is 1.62 bits per heavy atom. The van der Waals surface area contributed by atoms with E-state index in [2.05, 4.69) is 5.32 Å². The van der Waals surface area contributed by atoms with Crippen molar-refractivity contribution >= 4 is 39.1 Å². The van der Waals surface area contributed by atoms with Crippen LogP contribution in [-0.4, -0.2) is 50.9 Å². The summed E-state index contributed by atoms with van der Waals surface area (Å²) in [5, 5.41) is 3.36. The van der Waals surface area contributed by atoms with Crippen molar-refractivity contribution in [2.75, 3.05) is 18.0 Å². The fourth-order valence-electron chi connectivity index (χ4n) is 5.30. The molecule has 1 N–H and O–H groups in total. The predicted octanol–water partition coefficient (Wildman–Crippen LogP) is 5.80. The van der Waals surface area contributed by atoms with Crippen LogP contribution >= 0.6 is 11.6 Å². The van der Waals surface area contributed by atoms with Crippen LogP contribution in [0.4, 0.5) is 5.69 Å². The van der Waals surface area contributed by atoms with Crippen LogP contribution in [0.25, 0.3) is 0 Å². The molecule has 1 aliphatic rings. The van der Waals surface area contributed by atoms with Gasteiger partial charge in [0, 0.05) is 12.6 Å². The lowest BCUT2D eigenvalue weighted by Gasteiger charge is -2.34. The molecule has 8 nitrogen and oxygen atoms in total. The highest BCUT2D eigenvalue weighted by Gasteiger charge is 2.34. The highest BCUT2D eigenvalue weighted by Crippen LogP contribution is 2.32. The van der Waals surface area contributed by atoms with E-state index in [0.29, 0.717) is 12.2 Å². The number of carbonyl (C=O) groups is 2. The first-order valence-electron chi connectivity index (χ1n) is 14.3. The smallest absolute Gasteiger partial charge is 0.264 e. The number of carbonyl (C=O) groups excluding carboxylic acids is 2. The van der Waals surface area contributed by atoms with Gasteiger partial charge in [0.1, 0.15) is 18.3 Å². The van der Waals surface area contributed by atoms with E-state index < -0.39 is 28.5 Å². The Hall–Kier alpha value is -3.56. The van der Waals surface area contributed by atoms with E-state index in [1.54, 1.807) is 30.3 Å². The molecule has 4 rings (SSSR count). The number of hydrogen-bond donors (Lipinski definition) is 1. The number of rotatable bonds is 12.